The Morgan fingerprint density at radius 2 is 1.73 bits per heavy atom. The van der Waals surface area contributed by atoms with Crippen molar-refractivity contribution in [1.82, 2.24) is 5.01 Å². The highest BCUT2D eigenvalue weighted by atomic mass is 35.5. The lowest BCUT2D eigenvalue weighted by molar-refractivity contribution is -0.148. The summed E-state index contributed by atoms with van der Waals surface area (Å²) in [5.41, 5.74) is -0.845. The molecule has 1 unspecified atom stereocenters. The van der Waals surface area contributed by atoms with Crippen molar-refractivity contribution in [3.8, 4) is 11.5 Å². The Hall–Kier alpha value is -2.90. The van der Waals surface area contributed by atoms with Crippen LogP contribution in [0.25, 0.3) is 0 Å². The molecule has 1 aliphatic heterocycles. The average molecular weight is 469 g/mol. The first-order valence-electron chi connectivity index (χ1n) is 11.2. The molecule has 0 amide bonds. The molecule has 0 radical (unpaired) electrons. The van der Waals surface area contributed by atoms with Gasteiger partial charge in [-0.15, -0.1) is 0 Å². The van der Waals surface area contributed by atoms with Crippen LogP contribution in [-0.2, 0) is 4.84 Å². The Labute approximate surface area is 199 Å². The van der Waals surface area contributed by atoms with E-state index in [0.29, 0.717) is 22.2 Å². The van der Waals surface area contributed by atoms with Crippen LogP contribution >= 0.6 is 11.6 Å². The summed E-state index contributed by atoms with van der Waals surface area (Å²) in [5.74, 6) is 1.37. The first kappa shape index (κ1) is 23.3. The van der Waals surface area contributed by atoms with Gasteiger partial charge in [-0.2, -0.15) is 5.10 Å². The summed E-state index contributed by atoms with van der Waals surface area (Å²) in [4.78, 5) is 10.1. The van der Waals surface area contributed by atoms with Gasteiger partial charge in [-0.25, -0.2) is 0 Å². The molecule has 174 valence electrons. The molecule has 1 aliphatic carbocycles. The Morgan fingerprint density at radius 3 is 2.33 bits per heavy atom. The third-order valence-electron chi connectivity index (χ3n) is 6.20. The van der Waals surface area contributed by atoms with E-state index in [-0.39, 0.29) is 6.54 Å². The summed E-state index contributed by atoms with van der Waals surface area (Å²) in [6, 6.07) is 14.7. The van der Waals surface area contributed by atoms with E-state index in [2.05, 4.69) is 15.2 Å². The van der Waals surface area contributed by atoms with E-state index in [1.165, 1.54) is 0 Å². The van der Waals surface area contributed by atoms with E-state index in [1.54, 1.807) is 36.7 Å². The van der Waals surface area contributed by atoms with Gasteiger partial charge in [0.1, 0.15) is 23.5 Å². The lowest BCUT2D eigenvalue weighted by Crippen LogP contribution is -2.62. The lowest BCUT2D eigenvalue weighted by Gasteiger charge is -2.43. The van der Waals surface area contributed by atoms with E-state index in [0.717, 1.165) is 37.7 Å². The van der Waals surface area contributed by atoms with E-state index >= 15 is 0 Å². The SMILES string of the molecule is C/C=N\N(C=NC)CC1(O)C(c2ccc(Oc3ccc(Cl)cc3)cc2)=NOC12CCCCC2. The van der Waals surface area contributed by atoms with Crippen molar-refractivity contribution in [2.75, 3.05) is 13.6 Å². The van der Waals surface area contributed by atoms with Crippen molar-refractivity contribution < 1.29 is 14.7 Å². The van der Waals surface area contributed by atoms with E-state index in [9.17, 15) is 5.11 Å². The Morgan fingerprint density at radius 1 is 1.09 bits per heavy atom. The summed E-state index contributed by atoms with van der Waals surface area (Å²) in [6.07, 6.45) is 7.85. The summed E-state index contributed by atoms with van der Waals surface area (Å²) >= 11 is 5.95. The van der Waals surface area contributed by atoms with Gasteiger partial charge in [0.05, 0.1) is 6.54 Å². The van der Waals surface area contributed by atoms with Crippen molar-refractivity contribution in [1.29, 1.82) is 0 Å². The minimum Gasteiger partial charge on any atom is -0.457 e. The first-order chi connectivity index (χ1) is 16.0. The van der Waals surface area contributed by atoms with Gasteiger partial charge >= 0.3 is 0 Å². The summed E-state index contributed by atoms with van der Waals surface area (Å²) < 4.78 is 5.90. The van der Waals surface area contributed by atoms with Crippen LogP contribution in [-0.4, -0.2) is 53.2 Å². The van der Waals surface area contributed by atoms with Crippen LogP contribution in [0.1, 0.15) is 44.6 Å². The predicted octanol–water partition coefficient (Wildman–Crippen LogP) is 5.27. The number of ether oxygens (including phenoxy) is 1. The van der Waals surface area contributed by atoms with Gasteiger partial charge < -0.3 is 14.7 Å². The molecule has 1 N–H and O–H groups in total. The van der Waals surface area contributed by atoms with Gasteiger partial charge in [0.15, 0.2) is 11.2 Å². The minimum atomic E-state index is -1.35. The molecule has 2 aromatic rings. The molecule has 1 saturated carbocycles. The number of aliphatic hydroxyl groups is 1. The quantitative estimate of drug-likeness (QED) is 0.341. The third kappa shape index (κ3) is 4.75. The molecule has 0 bridgehead atoms. The molecular formula is C25H29ClN4O3. The maximum absolute atomic E-state index is 12.2. The molecule has 8 heteroatoms. The van der Waals surface area contributed by atoms with Crippen molar-refractivity contribution >= 4 is 29.9 Å². The van der Waals surface area contributed by atoms with Crippen LogP contribution in [0.3, 0.4) is 0 Å². The second kappa shape index (κ2) is 9.93. The van der Waals surface area contributed by atoms with E-state index in [1.807, 2.05) is 43.3 Å². The molecule has 7 nitrogen and oxygen atoms in total. The molecule has 2 aromatic carbocycles. The van der Waals surface area contributed by atoms with Crippen molar-refractivity contribution in [3.05, 3.63) is 59.1 Å². The summed E-state index contributed by atoms with van der Waals surface area (Å²) in [7, 11) is 1.68. The van der Waals surface area contributed by atoms with E-state index < -0.39 is 11.2 Å². The number of hydrogen-bond donors (Lipinski definition) is 1. The standard InChI is InChI=1S/C25H29ClN4O3/c1-3-28-30(18-27-2)17-25(31)23(29-33-24(25)15-5-4-6-16-24)19-7-11-21(12-8-19)32-22-13-9-20(26)10-14-22/h3,7-14,18,31H,4-6,15-17H2,1-2H3/b27-18?,28-3-. The lowest BCUT2D eigenvalue weighted by atomic mass is 9.69. The second-order valence-corrected chi connectivity index (χ2v) is 8.81. The summed E-state index contributed by atoms with van der Waals surface area (Å²) in [5, 5.41) is 23.2. The molecule has 2 aliphatic rings. The zero-order chi connectivity index (χ0) is 23.3. The van der Waals surface area contributed by atoms with Crippen molar-refractivity contribution in [2.24, 2.45) is 15.2 Å². The highest BCUT2D eigenvalue weighted by Gasteiger charge is 2.61. The fourth-order valence-electron chi connectivity index (χ4n) is 4.59. The normalized spacial score (nSPS) is 22.0. The molecule has 0 saturated heterocycles. The smallest absolute Gasteiger partial charge is 0.173 e. The second-order valence-electron chi connectivity index (χ2n) is 8.37. The highest BCUT2D eigenvalue weighted by Crippen LogP contribution is 2.46. The third-order valence-corrected chi connectivity index (χ3v) is 6.45. The largest absolute Gasteiger partial charge is 0.457 e. The van der Waals surface area contributed by atoms with Crippen LogP contribution in [0.15, 0.2) is 63.8 Å². The zero-order valence-electron chi connectivity index (χ0n) is 18.9. The minimum absolute atomic E-state index is 0.191. The van der Waals surface area contributed by atoms with Gasteiger partial charge in [-0.1, -0.05) is 23.2 Å². The Kier molecular flexibility index (Phi) is 7.00. The van der Waals surface area contributed by atoms with Crippen LogP contribution in [0.4, 0.5) is 0 Å². The topological polar surface area (TPSA) is 79.0 Å². The molecule has 33 heavy (non-hydrogen) atoms. The number of nitrogens with zero attached hydrogens (tertiary/aromatic N) is 4. The molecule has 1 spiro atoms. The molecule has 1 atom stereocenters. The number of benzene rings is 2. The van der Waals surface area contributed by atoms with E-state index in [4.69, 9.17) is 21.2 Å². The fourth-order valence-corrected chi connectivity index (χ4v) is 4.71. The number of hydrogen-bond acceptors (Lipinski definition) is 6. The Bertz CT molecular complexity index is 1020. The van der Waals surface area contributed by atoms with Crippen LogP contribution in [0.5, 0.6) is 11.5 Å². The van der Waals surface area contributed by atoms with Gasteiger partial charge in [-0.05, 0) is 81.1 Å². The monoisotopic (exact) mass is 468 g/mol. The predicted molar refractivity (Wildman–Crippen MR) is 132 cm³/mol. The van der Waals surface area contributed by atoms with Gasteiger partial charge in [-0.3, -0.25) is 10.0 Å². The number of halogens is 1. The zero-order valence-corrected chi connectivity index (χ0v) is 19.7. The van der Waals surface area contributed by atoms with Crippen LogP contribution in [0, 0.1) is 0 Å². The number of hydrazone groups is 1. The molecule has 0 aromatic heterocycles. The average Bonchev–Trinajstić information content (AvgIpc) is 3.08. The fraction of sp³-hybridized carbons (Fsp3) is 0.400. The van der Waals surface area contributed by atoms with Crippen molar-refractivity contribution in [2.45, 2.75) is 50.2 Å². The Balaban J connectivity index is 1.62. The number of rotatable bonds is 7. The highest BCUT2D eigenvalue weighted by molar-refractivity contribution is 6.30. The molecule has 1 heterocycles. The van der Waals surface area contributed by atoms with Gasteiger partial charge in [0, 0.05) is 23.8 Å². The van der Waals surface area contributed by atoms with Crippen molar-refractivity contribution in [3.63, 3.8) is 0 Å². The maximum Gasteiger partial charge on any atom is 0.173 e. The maximum atomic E-state index is 12.2. The van der Waals surface area contributed by atoms with Crippen LogP contribution < -0.4 is 4.74 Å². The molecular weight excluding hydrogens is 440 g/mol. The number of aliphatic imine (C=N–C) groups is 1. The van der Waals surface area contributed by atoms with Gasteiger partial charge in [0.25, 0.3) is 0 Å². The molecule has 1 fully saturated rings. The number of oxime groups is 1. The first-order valence-corrected chi connectivity index (χ1v) is 11.6. The van der Waals surface area contributed by atoms with Crippen LogP contribution in [0.2, 0.25) is 5.02 Å². The van der Waals surface area contributed by atoms with Gasteiger partial charge in [0.2, 0.25) is 0 Å². The molecule has 4 rings (SSSR count). The summed E-state index contributed by atoms with van der Waals surface area (Å²) in [6.45, 7) is 2.02.